The van der Waals surface area contributed by atoms with E-state index in [0.717, 1.165) is 23.6 Å². The topological polar surface area (TPSA) is 57.0 Å². The fraction of sp³-hybridized carbons (Fsp3) is 0.300. The lowest BCUT2D eigenvalue weighted by atomic mass is 10.2. The van der Waals surface area contributed by atoms with E-state index in [9.17, 15) is 0 Å². The van der Waals surface area contributed by atoms with E-state index in [-0.39, 0.29) is 0 Å². The van der Waals surface area contributed by atoms with Crippen LogP contribution in [0.1, 0.15) is 17.1 Å². The monoisotopic (exact) mass is 191 g/mol. The smallest absolute Gasteiger partial charge is 0.118 e. The number of hydrogen-bond acceptors (Lipinski definition) is 3. The molecule has 0 saturated carbocycles. The van der Waals surface area contributed by atoms with Gasteiger partial charge in [-0.1, -0.05) is 0 Å². The third-order valence-electron chi connectivity index (χ3n) is 2.16. The Balaban J connectivity index is 2.20. The van der Waals surface area contributed by atoms with E-state index in [1.807, 2.05) is 29.9 Å². The van der Waals surface area contributed by atoms with Crippen molar-refractivity contribution in [3.8, 4) is 0 Å². The molecule has 0 unspecified atom stereocenters. The maximum atomic E-state index is 5.49. The van der Waals surface area contributed by atoms with Crippen molar-refractivity contribution in [2.45, 2.75) is 20.0 Å². The van der Waals surface area contributed by atoms with E-state index in [1.54, 1.807) is 6.20 Å². The molecule has 0 bridgehead atoms. The second-order valence-corrected chi connectivity index (χ2v) is 3.20. The molecule has 0 saturated heterocycles. The Morgan fingerprint density at radius 2 is 2.43 bits per heavy atom. The molecule has 0 spiro atoms. The highest BCUT2D eigenvalue weighted by Crippen LogP contribution is 2.14. The van der Waals surface area contributed by atoms with Crippen LogP contribution in [0.3, 0.4) is 0 Å². The van der Waals surface area contributed by atoms with E-state index < -0.39 is 0 Å². The average molecular weight is 191 g/mol. The first-order chi connectivity index (χ1) is 6.79. The van der Waals surface area contributed by atoms with E-state index >= 15 is 0 Å². The number of furan rings is 1. The number of nitrogens with zero attached hydrogens (tertiary/aromatic N) is 2. The van der Waals surface area contributed by atoms with Gasteiger partial charge in [0.25, 0.3) is 0 Å². The van der Waals surface area contributed by atoms with Gasteiger partial charge in [0, 0.05) is 18.0 Å². The molecule has 0 aliphatic carbocycles. The SMILES string of the molecule is Cc1oc(CN)cc1Cn1cccn1. The van der Waals surface area contributed by atoms with Gasteiger partial charge in [0.15, 0.2) is 0 Å². The van der Waals surface area contributed by atoms with Gasteiger partial charge in [-0.05, 0) is 19.1 Å². The zero-order chi connectivity index (χ0) is 9.97. The molecule has 2 aromatic rings. The van der Waals surface area contributed by atoms with Crippen LogP contribution in [0.15, 0.2) is 28.9 Å². The van der Waals surface area contributed by atoms with Gasteiger partial charge in [0.2, 0.25) is 0 Å². The molecule has 2 heterocycles. The third-order valence-corrected chi connectivity index (χ3v) is 2.16. The van der Waals surface area contributed by atoms with Gasteiger partial charge < -0.3 is 10.2 Å². The van der Waals surface area contributed by atoms with Gasteiger partial charge in [0.05, 0.1) is 13.1 Å². The van der Waals surface area contributed by atoms with E-state index in [0.29, 0.717) is 6.54 Å². The summed E-state index contributed by atoms with van der Waals surface area (Å²) in [6, 6.07) is 3.89. The van der Waals surface area contributed by atoms with Crippen LogP contribution in [0.2, 0.25) is 0 Å². The van der Waals surface area contributed by atoms with Crippen LogP contribution in [0.25, 0.3) is 0 Å². The highest BCUT2D eigenvalue weighted by molar-refractivity contribution is 5.20. The maximum Gasteiger partial charge on any atom is 0.118 e. The molecule has 4 nitrogen and oxygen atoms in total. The largest absolute Gasteiger partial charge is 0.465 e. The average Bonchev–Trinajstić information content (AvgIpc) is 2.78. The van der Waals surface area contributed by atoms with Gasteiger partial charge in [0.1, 0.15) is 11.5 Å². The van der Waals surface area contributed by atoms with Crippen molar-refractivity contribution >= 4 is 0 Å². The van der Waals surface area contributed by atoms with Crippen LogP contribution in [-0.4, -0.2) is 9.78 Å². The number of hydrogen-bond donors (Lipinski definition) is 1. The summed E-state index contributed by atoms with van der Waals surface area (Å²) in [6.07, 6.45) is 3.69. The molecule has 0 aromatic carbocycles. The summed E-state index contributed by atoms with van der Waals surface area (Å²) >= 11 is 0. The Kier molecular flexibility index (Phi) is 2.37. The molecule has 74 valence electrons. The first-order valence-electron chi connectivity index (χ1n) is 4.55. The number of aryl methyl sites for hydroxylation is 1. The standard InChI is InChI=1S/C10H13N3O/c1-8-9(5-10(6-11)14-8)7-13-4-2-3-12-13/h2-5H,6-7,11H2,1H3. The highest BCUT2D eigenvalue weighted by Gasteiger charge is 2.06. The second kappa shape index (κ2) is 3.67. The van der Waals surface area contributed by atoms with Crippen LogP contribution in [-0.2, 0) is 13.1 Å². The molecule has 4 heteroatoms. The predicted molar refractivity (Wildman–Crippen MR) is 52.7 cm³/mol. The number of nitrogens with two attached hydrogens (primary N) is 1. The van der Waals surface area contributed by atoms with Gasteiger partial charge in [-0.15, -0.1) is 0 Å². The fourth-order valence-corrected chi connectivity index (χ4v) is 1.41. The summed E-state index contributed by atoms with van der Waals surface area (Å²) in [7, 11) is 0. The summed E-state index contributed by atoms with van der Waals surface area (Å²) in [4.78, 5) is 0. The Morgan fingerprint density at radius 3 is 3.00 bits per heavy atom. The van der Waals surface area contributed by atoms with Gasteiger partial charge in [-0.3, -0.25) is 4.68 Å². The van der Waals surface area contributed by atoms with Crippen molar-refractivity contribution < 1.29 is 4.42 Å². The Labute approximate surface area is 82.3 Å². The third kappa shape index (κ3) is 1.70. The normalized spacial score (nSPS) is 10.7. The van der Waals surface area contributed by atoms with Crippen LogP contribution in [0.4, 0.5) is 0 Å². The molecule has 0 fully saturated rings. The lowest BCUT2D eigenvalue weighted by Gasteiger charge is -1.98. The second-order valence-electron chi connectivity index (χ2n) is 3.20. The van der Waals surface area contributed by atoms with Crippen molar-refractivity contribution in [1.29, 1.82) is 0 Å². The van der Waals surface area contributed by atoms with Crippen molar-refractivity contribution in [2.75, 3.05) is 0 Å². The minimum atomic E-state index is 0.444. The molecular formula is C10H13N3O. The molecule has 2 aromatic heterocycles. The molecule has 0 atom stereocenters. The molecule has 0 aliphatic heterocycles. The van der Waals surface area contributed by atoms with Crippen molar-refractivity contribution in [3.63, 3.8) is 0 Å². The molecular weight excluding hydrogens is 178 g/mol. The van der Waals surface area contributed by atoms with E-state index in [2.05, 4.69) is 5.10 Å². The molecule has 0 aliphatic rings. The van der Waals surface area contributed by atoms with Crippen LogP contribution in [0.5, 0.6) is 0 Å². The summed E-state index contributed by atoms with van der Waals surface area (Å²) in [5.41, 5.74) is 6.62. The molecule has 2 rings (SSSR count). The Bertz CT molecular complexity index is 403. The minimum Gasteiger partial charge on any atom is -0.465 e. The van der Waals surface area contributed by atoms with Crippen molar-refractivity contribution in [2.24, 2.45) is 5.73 Å². The zero-order valence-electron chi connectivity index (χ0n) is 8.10. The Hall–Kier alpha value is -1.55. The van der Waals surface area contributed by atoms with Crippen LogP contribution >= 0.6 is 0 Å². The molecule has 2 N–H and O–H groups in total. The predicted octanol–water partition coefficient (Wildman–Crippen LogP) is 1.29. The summed E-state index contributed by atoms with van der Waals surface area (Å²) < 4.78 is 7.31. The van der Waals surface area contributed by atoms with E-state index in [4.69, 9.17) is 10.2 Å². The lowest BCUT2D eigenvalue weighted by Crippen LogP contribution is -1.99. The maximum absolute atomic E-state index is 5.49. The summed E-state index contributed by atoms with van der Waals surface area (Å²) in [5, 5.41) is 4.13. The van der Waals surface area contributed by atoms with Crippen molar-refractivity contribution in [3.05, 3.63) is 41.6 Å². The number of rotatable bonds is 3. The van der Waals surface area contributed by atoms with Crippen molar-refractivity contribution in [1.82, 2.24) is 9.78 Å². The Morgan fingerprint density at radius 1 is 1.57 bits per heavy atom. The first kappa shape index (κ1) is 9.02. The highest BCUT2D eigenvalue weighted by atomic mass is 16.3. The van der Waals surface area contributed by atoms with Gasteiger partial charge >= 0.3 is 0 Å². The number of aromatic nitrogens is 2. The molecule has 0 radical (unpaired) electrons. The molecule has 14 heavy (non-hydrogen) atoms. The summed E-state index contributed by atoms with van der Waals surface area (Å²) in [6.45, 7) is 3.13. The van der Waals surface area contributed by atoms with Gasteiger partial charge in [-0.2, -0.15) is 5.10 Å². The van der Waals surface area contributed by atoms with E-state index in [1.165, 1.54) is 0 Å². The molecule has 0 amide bonds. The zero-order valence-corrected chi connectivity index (χ0v) is 8.10. The van der Waals surface area contributed by atoms with Crippen LogP contribution < -0.4 is 5.73 Å². The minimum absolute atomic E-state index is 0.444. The summed E-state index contributed by atoms with van der Waals surface area (Å²) in [5.74, 6) is 1.74. The van der Waals surface area contributed by atoms with Gasteiger partial charge in [-0.25, -0.2) is 0 Å². The first-order valence-corrected chi connectivity index (χ1v) is 4.55. The quantitative estimate of drug-likeness (QED) is 0.795. The lowest BCUT2D eigenvalue weighted by molar-refractivity contribution is 0.481. The van der Waals surface area contributed by atoms with Crippen LogP contribution in [0, 0.1) is 6.92 Å². The fourth-order valence-electron chi connectivity index (χ4n) is 1.41.